The van der Waals surface area contributed by atoms with E-state index in [2.05, 4.69) is 10.5 Å². The van der Waals surface area contributed by atoms with Gasteiger partial charge in [-0.15, -0.1) is 0 Å². The first-order valence-electron chi connectivity index (χ1n) is 8.94. The normalized spacial score (nSPS) is 10.6. The number of hydrogen-bond acceptors (Lipinski definition) is 8. The number of nitrogens with zero attached hydrogens (tertiary/aromatic N) is 3. The minimum Gasteiger partial charge on any atom is -0.423 e. The van der Waals surface area contributed by atoms with Crippen molar-refractivity contribution >= 4 is 29.2 Å². The third kappa shape index (κ3) is 5.48. The van der Waals surface area contributed by atoms with Gasteiger partial charge in [-0.1, -0.05) is 17.7 Å². The zero-order valence-corrected chi connectivity index (χ0v) is 16.2. The average molecular weight is 420 g/mol. The van der Waals surface area contributed by atoms with Gasteiger partial charge < -0.3 is 4.74 Å². The van der Waals surface area contributed by atoms with Gasteiger partial charge in [-0.2, -0.15) is 5.10 Å². The predicted molar refractivity (Wildman–Crippen MR) is 114 cm³/mol. The molecule has 0 heterocycles. The SMILES string of the molecule is Cc1ccc(C(=O)Oc2ccc(/C=N/Nc3ccc([N+](=O)[O-])cc3[N+](=O)[O-])cc2)cc1. The van der Waals surface area contributed by atoms with E-state index < -0.39 is 27.2 Å². The van der Waals surface area contributed by atoms with Crippen molar-refractivity contribution in [2.45, 2.75) is 6.92 Å². The molecule has 0 saturated heterocycles. The van der Waals surface area contributed by atoms with Crippen molar-refractivity contribution in [1.82, 2.24) is 0 Å². The number of rotatable bonds is 7. The number of hydrazone groups is 1. The molecule has 0 aliphatic heterocycles. The molecule has 0 saturated carbocycles. The number of aryl methyl sites for hydroxylation is 1. The molecule has 0 aliphatic carbocycles. The van der Waals surface area contributed by atoms with Crippen molar-refractivity contribution in [2.75, 3.05) is 5.43 Å². The van der Waals surface area contributed by atoms with E-state index in [9.17, 15) is 25.0 Å². The van der Waals surface area contributed by atoms with Gasteiger partial charge in [0, 0.05) is 6.07 Å². The Hall–Kier alpha value is -4.60. The standard InChI is InChI=1S/C21H16N4O6/c1-14-2-6-16(7-3-14)21(26)31-18-9-4-15(5-10-18)13-22-23-19-11-8-17(24(27)28)12-20(19)25(29)30/h2-13,23H,1H3/b22-13+. The molecule has 0 aromatic heterocycles. The smallest absolute Gasteiger partial charge is 0.343 e. The number of anilines is 1. The van der Waals surface area contributed by atoms with Crippen LogP contribution >= 0.6 is 0 Å². The second-order valence-corrected chi connectivity index (χ2v) is 6.41. The van der Waals surface area contributed by atoms with Crippen LogP contribution in [0.25, 0.3) is 0 Å². The lowest BCUT2D eigenvalue weighted by molar-refractivity contribution is -0.393. The quantitative estimate of drug-likeness (QED) is 0.196. The Morgan fingerprint density at radius 1 is 0.968 bits per heavy atom. The highest BCUT2D eigenvalue weighted by molar-refractivity contribution is 5.91. The lowest BCUT2D eigenvalue weighted by Gasteiger charge is -2.05. The summed E-state index contributed by atoms with van der Waals surface area (Å²) in [6, 6.07) is 16.7. The molecule has 3 aromatic rings. The number of esters is 1. The van der Waals surface area contributed by atoms with Gasteiger partial charge in [-0.3, -0.25) is 25.7 Å². The molecule has 3 rings (SSSR count). The molecule has 0 aliphatic rings. The Morgan fingerprint density at radius 2 is 1.65 bits per heavy atom. The number of carbonyl (C=O) groups is 1. The van der Waals surface area contributed by atoms with Crippen LogP contribution in [0.15, 0.2) is 71.8 Å². The van der Waals surface area contributed by atoms with Gasteiger partial charge in [0.05, 0.1) is 27.7 Å². The van der Waals surface area contributed by atoms with Crippen LogP contribution in [0.5, 0.6) is 5.75 Å². The summed E-state index contributed by atoms with van der Waals surface area (Å²) < 4.78 is 5.31. The monoisotopic (exact) mass is 420 g/mol. The largest absolute Gasteiger partial charge is 0.423 e. The van der Waals surface area contributed by atoms with Crippen LogP contribution in [0.1, 0.15) is 21.5 Å². The molecule has 0 atom stereocenters. The van der Waals surface area contributed by atoms with Gasteiger partial charge in [-0.25, -0.2) is 4.79 Å². The third-order valence-corrected chi connectivity index (χ3v) is 4.17. The van der Waals surface area contributed by atoms with E-state index in [1.165, 1.54) is 12.3 Å². The molecule has 156 valence electrons. The molecule has 3 aromatic carbocycles. The second kappa shape index (κ2) is 9.27. The number of nitro groups is 2. The van der Waals surface area contributed by atoms with Gasteiger partial charge in [0.25, 0.3) is 5.69 Å². The number of benzene rings is 3. The van der Waals surface area contributed by atoms with E-state index in [1.807, 2.05) is 19.1 Å². The van der Waals surface area contributed by atoms with Crippen molar-refractivity contribution in [2.24, 2.45) is 5.10 Å². The molecular formula is C21H16N4O6. The van der Waals surface area contributed by atoms with Crippen molar-refractivity contribution in [3.05, 3.63) is 104 Å². The summed E-state index contributed by atoms with van der Waals surface area (Å²) >= 11 is 0. The Morgan fingerprint density at radius 3 is 2.26 bits per heavy atom. The molecule has 0 bridgehead atoms. The maximum Gasteiger partial charge on any atom is 0.343 e. The molecule has 0 amide bonds. The molecule has 1 N–H and O–H groups in total. The van der Waals surface area contributed by atoms with E-state index in [-0.39, 0.29) is 5.69 Å². The zero-order chi connectivity index (χ0) is 22.4. The van der Waals surface area contributed by atoms with Crippen molar-refractivity contribution in [3.63, 3.8) is 0 Å². The van der Waals surface area contributed by atoms with Crippen LogP contribution in [0.2, 0.25) is 0 Å². The molecule has 10 heteroatoms. The van der Waals surface area contributed by atoms with Crippen molar-refractivity contribution in [1.29, 1.82) is 0 Å². The molecular weight excluding hydrogens is 404 g/mol. The van der Waals surface area contributed by atoms with Crippen LogP contribution in [-0.2, 0) is 0 Å². The molecule has 31 heavy (non-hydrogen) atoms. The maximum atomic E-state index is 12.1. The fraction of sp³-hybridized carbons (Fsp3) is 0.0476. The topological polar surface area (TPSA) is 137 Å². The van der Waals surface area contributed by atoms with Gasteiger partial charge >= 0.3 is 11.7 Å². The number of nitro benzene ring substituents is 2. The summed E-state index contributed by atoms with van der Waals surface area (Å²) in [5, 5.41) is 25.8. The first-order valence-corrected chi connectivity index (χ1v) is 8.94. The number of non-ortho nitro benzene ring substituents is 1. The second-order valence-electron chi connectivity index (χ2n) is 6.41. The van der Waals surface area contributed by atoms with Crippen LogP contribution in [0.3, 0.4) is 0 Å². The van der Waals surface area contributed by atoms with Crippen LogP contribution < -0.4 is 10.2 Å². The predicted octanol–water partition coefficient (Wildman–Crippen LogP) is 4.48. The first-order chi connectivity index (χ1) is 14.8. The average Bonchev–Trinajstić information content (AvgIpc) is 2.75. The fourth-order valence-electron chi connectivity index (χ4n) is 2.53. The summed E-state index contributed by atoms with van der Waals surface area (Å²) in [4.78, 5) is 32.6. The lowest BCUT2D eigenvalue weighted by Crippen LogP contribution is -2.08. The molecule has 0 spiro atoms. The fourth-order valence-corrected chi connectivity index (χ4v) is 2.53. The zero-order valence-electron chi connectivity index (χ0n) is 16.2. The van der Waals surface area contributed by atoms with Crippen molar-refractivity contribution in [3.8, 4) is 5.75 Å². The van der Waals surface area contributed by atoms with E-state index in [1.54, 1.807) is 36.4 Å². The van der Waals surface area contributed by atoms with Crippen LogP contribution in [-0.4, -0.2) is 22.0 Å². The van der Waals surface area contributed by atoms with Gasteiger partial charge in [-0.05, 0) is 55.0 Å². The maximum absolute atomic E-state index is 12.1. The highest BCUT2D eigenvalue weighted by Gasteiger charge is 2.19. The number of hydrogen-bond donors (Lipinski definition) is 1. The van der Waals surface area contributed by atoms with Crippen molar-refractivity contribution < 1.29 is 19.4 Å². The Labute approximate surface area is 176 Å². The highest BCUT2D eigenvalue weighted by Crippen LogP contribution is 2.28. The summed E-state index contributed by atoms with van der Waals surface area (Å²) in [5.41, 5.74) is 3.75. The van der Waals surface area contributed by atoms with Gasteiger partial charge in [0.1, 0.15) is 11.4 Å². The van der Waals surface area contributed by atoms with Gasteiger partial charge in [0.15, 0.2) is 0 Å². The molecule has 10 nitrogen and oxygen atoms in total. The van der Waals surface area contributed by atoms with Crippen LogP contribution in [0.4, 0.5) is 17.1 Å². The summed E-state index contributed by atoms with van der Waals surface area (Å²) in [6.07, 6.45) is 1.40. The molecule has 0 fully saturated rings. The van der Waals surface area contributed by atoms with E-state index >= 15 is 0 Å². The Balaban J connectivity index is 1.65. The number of carbonyl (C=O) groups excluding carboxylic acids is 1. The number of ether oxygens (including phenoxy) is 1. The molecule has 0 unspecified atom stereocenters. The minimum atomic E-state index is -0.734. The van der Waals surface area contributed by atoms with E-state index in [4.69, 9.17) is 4.74 Å². The van der Waals surface area contributed by atoms with E-state index in [0.29, 0.717) is 16.9 Å². The van der Waals surface area contributed by atoms with E-state index in [0.717, 1.165) is 17.7 Å². The third-order valence-electron chi connectivity index (χ3n) is 4.17. The summed E-state index contributed by atoms with van der Waals surface area (Å²) in [7, 11) is 0. The Bertz CT molecular complexity index is 1160. The summed E-state index contributed by atoms with van der Waals surface area (Å²) in [5.74, 6) is -0.129. The molecule has 0 radical (unpaired) electrons. The Kier molecular flexibility index (Phi) is 6.31. The number of nitrogens with one attached hydrogen (secondary N) is 1. The summed E-state index contributed by atoms with van der Waals surface area (Å²) in [6.45, 7) is 1.92. The highest BCUT2D eigenvalue weighted by atomic mass is 16.6. The van der Waals surface area contributed by atoms with Crippen LogP contribution in [0, 0.1) is 27.2 Å². The van der Waals surface area contributed by atoms with Gasteiger partial charge in [0.2, 0.25) is 0 Å². The first kappa shape index (κ1) is 21.1. The minimum absolute atomic E-state index is 0.00972. The lowest BCUT2D eigenvalue weighted by atomic mass is 10.1.